The van der Waals surface area contributed by atoms with Crippen molar-refractivity contribution < 1.29 is 0 Å². The molecule has 28 heavy (non-hydrogen) atoms. The van der Waals surface area contributed by atoms with Gasteiger partial charge in [-0.15, -0.1) is 0 Å². The zero-order chi connectivity index (χ0) is 19.1. The van der Waals surface area contributed by atoms with Crippen LogP contribution in [-0.4, -0.2) is 30.4 Å². The molecule has 9 nitrogen and oxygen atoms in total. The average Bonchev–Trinajstić information content (AvgIpc) is 3.27. The van der Waals surface area contributed by atoms with E-state index >= 15 is 0 Å². The zero-order valence-corrected chi connectivity index (χ0v) is 14.9. The summed E-state index contributed by atoms with van der Waals surface area (Å²) in [6, 6.07) is 15.0. The molecule has 5 N–H and O–H groups in total. The largest absolute Gasteiger partial charge is 0.324 e. The third-order valence-electron chi connectivity index (χ3n) is 4.39. The smallest absolute Gasteiger partial charge is 0.271 e. The van der Waals surface area contributed by atoms with Crippen molar-refractivity contribution in [1.82, 2.24) is 30.4 Å². The number of H-pyrrole nitrogens is 3. The zero-order valence-electron chi connectivity index (χ0n) is 14.9. The molecule has 0 saturated carbocycles. The summed E-state index contributed by atoms with van der Waals surface area (Å²) in [6.45, 7) is 1.94. The van der Waals surface area contributed by atoms with Gasteiger partial charge in [0.2, 0.25) is 5.95 Å². The van der Waals surface area contributed by atoms with Gasteiger partial charge in [0.15, 0.2) is 5.82 Å². The van der Waals surface area contributed by atoms with Crippen molar-refractivity contribution in [2.45, 2.75) is 6.92 Å². The van der Waals surface area contributed by atoms with Crippen LogP contribution in [0.25, 0.3) is 21.8 Å². The van der Waals surface area contributed by atoms with Gasteiger partial charge in [0.05, 0.1) is 16.4 Å². The lowest BCUT2D eigenvalue weighted by molar-refractivity contribution is 1.05. The van der Waals surface area contributed by atoms with Gasteiger partial charge in [-0.3, -0.25) is 20.1 Å². The summed E-state index contributed by atoms with van der Waals surface area (Å²) in [7, 11) is 0. The molecular formula is C19H16N8O. The van der Waals surface area contributed by atoms with E-state index in [0.717, 1.165) is 22.3 Å². The number of nitrogens with zero attached hydrogens (tertiary/aromatic N) is 3. The number of anilines is 4. The summed E-state index contributed by atoms with van der Waals surface area (Å²) in [6.07, 6.45) is 0. The fourth-order valence-electron chi connectivity index (χ4n) is 3.08. The molecule has 5 aromatic rings. The van der Waals surface area contributed by atoms with Gasteiger partial charge in [-0.1, -0.05) is 12.1 Å². The normalized spacial score (nSPS) is 11.2. The monoisotopic (exact) mass is 372 g/mol. The Labute approximate surface area is 158 Å². The number of aromatic amines is 3. The molecule has 0 unspecified atom stereocenters. The standard InChI is InChI=1S/C19H16N8O/c1-10-8-16(26-24-10)22-17-12-4-2-3-5-14(12)21-19(23-17)20-11-6-7-13-15(9-11)25-27-18(13)28/h2-9H,1H3,(H2,25,27,28)(H3,20,21,22,23,24,26). The van der Waals surface area contributed by atoms with Crippen LogP contribution in [0.1, 0.15) is 5.69 Å². The van der Waals surface area contributed by atoms with Gasteiger partial charge in [-0.05, 0) is 37.3 Å². The molecule has 2 aromatic carbocycles. The lowest BCUT2D eigenvalue weighted by Crippen LogP contribution is -2.02. The molecule has 0 aliphatic carbocycles. The molecule has 0 saturated heterocycles. The lowest BCUT2D eigenvalue weighted by Gasteiger charge is -2.10. The Hall–Kier alpha value is -4.14. The third kappa shape index (κ3) is 2.84. The van der Waals surface area contributed by atoms with Gasteiger partial charge in [0.1, 0.15) is 5.82 Å². The topological polar surface area (TPSA) is 127 Å². The number of benzene rings is 2. The van der Waals surface area contributed by atoms with Gasteiger partial charge < -0.3 is 10.6 Å². The van der Waals surface area contributed by atoms with E-state index in [2.05, 4.69) is 41.0 Å². The van der Waals surface area contributed by atoms with Crippen molar-refractivity contribution in [3.8, 4) is 0 Å². The number of fused-ring (bicyclic) bond motifs is 2. The minimum Gasteiger partial charge on any atom is -0.324 e. The van der Waals surface area contributed by atoms with E-state index in [1.807, 2.05) is 49.4 Å². The molecular weight excluding hydrogens is 356 g/mol. The van der Waals surface area contributed by atoms with Gasteiger partial charge in [-0.2, -0.15) is 10.1 Å². The van der Waals surface area contributed by atoms with Crippen LogP contribution < -0.4 is 16.2 Å². The maximum Gasteiger partial charge on any atom is 0.271 e. The molecule has 3 aromatic heterocycles. The maximum atomic E-state index is 11.7. The number of aromatic nitrogens is 6. The van der Waals surface area contributed by atoms with E-state index in [1.54, 1.807) is 6.07 Å². The molecule has 9 heteroatoms. The Kier molecular flexibility index (Phi) is 3.58. The SMILES string of the molecule is Cc1cc(Nc2nc(Nc3ccc4c(=O)[nH][nH]c4c3)nc3ccccc23)n[nH]1. The number of aryl methyl sites for hydroxylation is 1. The minimum absolute atomic E-state index is 0.149. The van der Waals surface area contributed by atoms with Crippen LogP contribution in [0.3, 0.4) is 0 Å². The summed E-state index contributed by atoms with van der Waals surface area (Å²) in [4.78, 5) is 20.9. The van der Waals surface area contributed by atoms with E-state index < -0.39 is 0 Å². The second-order valence-electron chi connectivity index (χ2n) is 6.44. The Balaban J connectivity index is 1.55. The number of rotatable bonds is 4. The molecule has 0 fully saturated rings. The van der Waals surface area contributed by atoms with Crippen molar-refractivity contribution in [2.75, 3.05) is 10.6 Å². The number of nitrogens with one attached hydrogen (secondary N) is 5. The van der Waals surface area contributed by atoms with Crippen molar-refractivity contribution in [1.29, 1.82) is 0 Å². The van der Waals surface area contributed by atoms with E-state index in [0.29, 0.717) is 28.5 Å². The van der Waals surface area contributed by atoms with Gasteiger partial charge in [0, 0.05) is 22.8 Å². The van der Waals surface area contributed by atoms with E-state index in [-0.39, 0.29) is 5.56 Å². The summed E-state index contributed by atoms with van der Waals surface area (Å²) < 4.78 is 0. The first-order valence-electron chi connectivity index (χ1n) is 8.69. The van der Waals surface area contributed by atoms with Crippen molar-refractivity contribution in [2.24, 2.45) is 0 Å². The first-order valence-corrected chi connectivity index (χ1v) is 8.69. The highest BCUT2D eigenvalue weighted by molar-refractivity contribution is 5.92. The van der Waals surface area contributed by atoms with Crippen molar-refractivity contribution in [3.63, 3.8) is 0 Å². The van der Waals surface area contributed by atoms with Crippen molar-refractivity contribution in [3.05, 3.63) is 64.6 Å². The predicted octanol–water partition coefficient (Wildman–Crippen LogP) is 3.32. The van der Waals surface area contributed by atoms with Crippen LogP contribution in [0.4, 0.5) is 23.3 Å². The molecule has 5 rings (SSSR count). The van der Waals surface area contributed by atoms with Crippen LogP contribution in [0.15, 0.2) is 53.3 Å². The fraction of sp³-hybridized carbons (Fsp3) is 0.0526. The fourth-order valence-corrected chi connectivity index (χ4v) is 3.08. The molecule has 138 valence electrons. The highest BCUT2D eigenvalue weighted by Gasteiger charge is 2.10. The van der Waals surface area contributed by atoms with Gasteiger partial charge in [-0.25, -0.2) is 4.98 Å². The minimum atomic E-state index is -0.149. The van der Waals surface area contributed by atoms with Crippen LogP contribution in [0, 0.1) is 6.92 Å². The Morgan fingerprint density at radius 2 is 1.82 bits per heavy atom. The second kappa shape index (κ2) is 6.23. The Morgan fingerprint density at radius 1 is 0.929 bits per heavy atom. The number of hydrogen-bond acceptors (Lipinski definition) is 6. The van der Waals surface area contributed by atoms with E-state index in [4.69, 9.17) is 0 Å². The van der Waals surface area contributed by atoms with Crippen LogP contribution in [-0.2, 0) is 0 Å². The van der Waals surface area contributed by atoms with Crippen LogP contribution in [0.2, 0.25) is 0 Å². The molecule has 0 spiro atoms. The highest BCUT2D eigenvalue weighted by atomic mass is 16.1. The average molecular weight is 372 g/mol. The number of hydrogen-bond donors (Lipinski definition) is 5. The van der Waals surface area contributed by atoms with Crippen LogP contribution >= 0.6 is 0 Å². The second-order valence-corrected chi connectivity index (χ2v) is 6.44. The van der Waals surface area contributed by atoms with Gasteiger partial charge in [0.25, 0.3) is 5.56 Å². The predicted molar refractivity (Wildman–Crippen MR) is 108 cm³/mol. The molecule has 0 radical (unpaired) electrons. The molecule has 3 heterocycles. The summed E-state index contributed by atoms with van der Waals surface area (Å²) in [5, 5.41) is 20.5. The first-order chi connectivity index (χ1) is 13.7. The molecule has 0 amide bonds. The highest BCUT2D eigenvalue weighted by Crippen LogP contribution is 2.26. The van der Waals surface area contributed by atoms with Crippen molar-refractivity contribution >= 4 is 45.1 Å². The maximum absolute atomic E-state index is 11.7. The number of para-hydroxylation sites is 1. The lowest BCUT2D eigenvalue weighted by atomic mass is 10.2. The quantitative estimate of drug-likeness (QED) is 0.329. The summed E-state index contributed by atoms with van der Waals surface area (Å²) >= 11 is 0. The van der Waals surface area contributed by atoms with E-state index in [1.165, 1.54) is 0 Å². The summed E-state index contributed by atoms with van der Waals surface area (Å²) in [5.41, 5.74) is 3.07. The molecule has 0 atom stereocenters. The Morgan fingerprint density at radius 3 is 2.68 bits per heavy atom. The first kappa shape index (κ1) is 16.1. The van der Waals surface area contributed by atoms with Gasteiger partial charge >= 0.3 is 0 Å². The van der Waals surface area contributed by atoms with E-state index in [9.17, 15) is 4.79 Å². The molecule has 0 bridgehead atoms. The summed E-state index contributed by atoms with van der Waals surface area (Å²) in [5.74, 6) is 1.76. The molecule has 0 aliphatic heterocycles. The van der Waals surface area contributed by atoms with Crippen LogP contribution in [0.5, 0.6) is 0 Å². The Bertz CT molecular complexity index is 1360. The molecule has 0 aliphatic rings. The third-order valence-corrected chi connectivity index (χ3v) is 4.39.